The molecule has 0 spiro atoms. The molecule has 4 aromatic rings. The average Bonchev–Trinajstić information content (AvgIpc) is 3.64. The van der Waals surface area contributed by atoms with Crippen molar-refractivity contribution in [1.29, 1.82) is 0 Å². The topological polar surface area (TPSA) is 137 Å². The largest absolute Gasteiger partial charge is 0.416 e. The molecule has 0 bridgehead atoms. The van der Waals surface area contributed by atoms with Crippen molar-refractivity contribution in [2.45, 2.75) is 31.8 Å². The molecule has 0 aliphatic carbocycles. The number of carbonyl (C=O) groups is 1. The third-order valence-electron chi connectivity index (χ3n) is 6.64. The molecule has 0 unspecified atom stereocenters. The Morgan fingerprint density at radius 1 is 1.12 bits per heavy atom. The number of nitrogens with zero attached hydrogens (tertiary/aromatic N) is 7. The molecule has 3 heterocycles. The minimum atomic E-state index is -4.96. The lowest BCUT2D eigenvalue weighted by atomic mass is 10.1. The van der Waals surface area contributed by atoms with Gasteiger partial charge in [0.25, 0.3) is 0 Å². The van der Waals surface area contributed by atoms with Crippen LogP contribution in [0.3, 0.4) is 0 Å². The van der Waals surface area contributed by atoms with Crippen molar-refractivity contribution in [3.8, 4) is 17.1 Å². The van der Waals surface area contributed by atoms with E-state index in [2.05, 4.69) is 15.2 Å². The fourth-order valence-electron chi connectivity index (χ4n) is 4.51. The van der Waals surface area contributed by atoms with Gasteiger partial charge in [0.2, 0.25) is 11.9 Å². The van der Waals surface area contributed by atoms with E-state index in [-0.39, 0.29) is 18.2 Å². The number of hydrogen-bond acceptors (Lipinski definition) is 7. The molecule has 5 rings (SSSR count). The molecule has 16 heteroatoms. The van der Waals surface area contributed by atoms with Gasteiger partial charge in [-0.2, -0.15) is 22.8 Å². The highest BCUT2D eigenvalue weighted by Gasteiger charge is 2.39. The Bertz CT molecular complexity index is 1630. The molecule has 41 heavy (non-hydrogen) atoms. The summed E-state index contributed by atoms with van der Waals surface area (Å²) in [6.07, 6.45) is -7.25. The summed E-state index contributed by atoms with van der Waals surface area (Å²) in [6, 6.07) is 12.9. The molecule has 216 valence electrons. The van der Waals surface area contributed by atoms with E-state index in [0.29, 0.717) is 46.8 Å². The minimum absolute atomic E-state index is 0.105. The van der Waals surface area contributed by atoms with E-state index >= 15 is 0 Å². The van der Waals surface area contributed by atoms with Crippen LogP contribution in [-0.4, -0.2) is 65.5 Å². The molecule has 0 saturated carbocycles. The van der Waals surface area contributed by atoms with Crippen LogP contribution in [0.25, 0.3) is 17.1 Å². The number of rotatable bonds is 8. The lowest BCUT2D eigenvalue weighted by molar-refractivity contribution is -0.207. The van der Waals surface area contributed by atoms with Gasteiger partial charge < -0.3 is 15.7 Å². The smallest absolute Gasteiger partial charge is 0.382 e. The van der Waals surface area contributed by atoms with Gasteiger partial charge in [-0.3, -0.25) is 9.36 Å². The van der Waals surface area contributed by atoms with Gasteiger partial charge in [-0.25, -0.2) is 9.48 Å². The first kappa shape index (κ1) is 28.6. The zero-order valence-electron chi connectivity index (χ0n) is 21.2. The molecule has 0 radical (unpaired) electrons. The minimum Gasteiger partial charge on any atom is -0.382 e. The summed E-state index contributed by atoms with van der Waals surface area (Å²) in [5, 5.41) is 19.2. The van der Waals surface area contributed by atoms with Crippen molar-refractivity contribution < 1.29 is 23.1 Å². The molecule has 2 aromatic heterocycles. The standard InChI is InChI=1S/C25H23Cl2F3N8O3/c26-16-7-5-14(6-8-16)22-34-37(24(41)36(22)12-19(39)25(28,29)30)13-20-32-23(35-10-9-15(11-35)21(31)40)38(33-20)18-4-2-1-3-17(18)27/h1-8,15,19,39H,9-13H2,(H2,31,40)/t15-,19+/m1/s1. The Labute approximate surface area is 240 Å². The van der Waals surface area contributed by atoms with Gasteiger partial charge in [0.05, 0.1) is 23.2 Å². The van der Waals surface area contributed by atoms with Crippen LogP contribution < -0.4 is 16.3 Å². The van der Waals surface area contributed by atoms with E-state index in [9.17, 15) is 27.9 Å². The first-order chi connectivity index (χ1) is 19.4. The number of aliphatic hydroxyl groups excluding tert-OH is 1. The van der Waals surface area contributed by atoms with Crippen LogP contribution in [0.15, 0.2) is 53.3 Å². The number of para-hydroxylation sites is 1. The van der Waals surface area contributed by atoms with Gasteiger partial charge in [-0.05, 0) is 42.8 Å². The van der Waals surface area contributed by atoms with E-state index in [1.165, 1.54) is 28.9 Å². The molecule has 1 aliphatic heterocycles. The monoisotopic (exact) mass is 610 g/mol. The number of aliphatic hydroxyl groups is 1. The number of primary amides is 1. The van der Waals surface area contributed by atoms with Crippen LogP contribution in [-0.2, 0) is 17.9 Å². The molecule has 11 nitrogen and oxygen atoms in total. The molecule has 1 amide bonds. The highest BCUT2D eigenvalue weighted by atomic mass is 35.5. The maximum absolute atomic E-state index is 13.3. The second-order valence-corrected chi connectivity index (χ2v) is 10.3. The number of amides is 1. The predicted molar refractivity (Wildman–Crippen MR) is 144 cm³/mol. The van der Waals surface area contributed by atoms with Crippen molar-refractivity contribution in [1.82, 2.24) is 29.1 Å². The maximum atomic E-state index is 13.3. The highest BCUT2D eigenvalue weighted by molar-refractivity contribution is 6.32. The fourth-order valence-corrected chi connectivity index (χ4v) is 4.85. The van der Waals surface area contributed by atoms with Crippen LogP contribution in [0.5, 0.6) is 0 Å². The Kier molecular flexibility index (Phi) is 7.81. The summed E-state index contributed by atoms with van der Waals surface area (Å²) in [5.74, 6) is -0.493. The van der Waals surface area contributed by atoms with E-state index in [1.54, 1.807) is 24.3 Å². The SMILES string of the molecule is NC(=O)[C@@H]1CCN(c2nc(Cn3nc(-c4ccc(Cl)cc4)n(C[C@H](O)C(F)(F)F)c3=O)nn2-c2ccccc2Cl)C1. The molecule has 1 aliphatic rings. The van der Waals surface area contributed by atoms with Crippen LogP contribution in [0, 0.1) is 5.92 Å². The summed E-state index contributed by atoms with van der Waals surface area (Å²) in [5.41, 5.74) is 5.38. The zero-order chi connectivity index (χ0) is 29.5. The average molecular weight is 611 g/mol. The van der Waals surface area contributed by atoms with E-state index < -0.39 is 36.3 Å². The molecular weight excluding hydrogens is 588 g/mol. The predicted octanol–water partition coefficient (Wildman–Crippen LogP) is 2.88. The van der Waals surface area contributed by atoms with Crippen molar-refractivity contribution in [2.75, 3.05) is 18.0 Å². The summed E-state index contributed by atoms with van der Waals surface area (Å²) in [4.78, 5) is 31.5. The number of aromatic nitrogens is 6. The first-order valence-corrected chi connectivity index (χ1v) is 13.1. The van der Waals surface area contributed by atoms with E-state index in [0.717, 1.165) is 9.25 Å². The second-order valence-electron chi connectivity index (χ2n) is 9.46. The van der Waals surface area contributed by atoms with E-state index in [4.69, 9.17) is 28.9 Å². The molecule has 2 atom stereocenters. The normalized spacial score (nSPS) is 16.3. The van der Waals surface area contributed by atoms with Gasteiger partial charge in [0.1, 0.15) is 6.54 Å². The van der Waals surface area contributed by atoms with Crippen LogP contribution in [0.4, 0.5) is 19.1 Å². The van der Waals surface area contributed by atoms with Crippen molar-refractivity contribution in [2.24, 2.45) is 11.7 Å². The van der Waals surface area contributed by atoms with Gasteiger partial charge >= 0.3 is 11.9 Å². The fraction of sp³-hybridized carbons (Fsp3) is 0.320. The zero-order valence-corrected chi connectivity index (χ0v) is 22.7. The number of benzene rings is 2. The number of hydrogen-bond donors (Lipinski definition) is 2. The Hall–Kier alpha value is -3.88. The Morgan fingerprint density at radius 2 is 1.83 bits per heavy atom. The number of halogens is 5. The van der Waals surface area contributed by atoms with Gasteiger partial charge in [-0.1, -0.05) is 35.3 Å². The highest BCUT2D eigenvalue weighted by Crippen LogP contribution is 2.29. The second kappa shape index (κ2) is 11.2. The van der Waals surface area contributed by atoms with Gasteiger partial charge in [0.15, 0.2) is 17.8 Å². The summed E-state index contributed by atoms with van der Waals surface area (Å²) < 4.78 is 42.7. The van der Waals surface area contributed by atoms with Crippen molar-refractivity contribution >= 4 is 35.1 Å². The summed E-state index contributed by atoms with van der Waals surface area (Å²) >= 11 is 12.4. The lowest BCUT2D eigenvalue weighted by Crippen LogP contribution is -2.37. The third-order valence-corrected chi connectivity index (χ3v) is 7.21. The number of carbonyl (C=O) groups excluding carboxylic acids is 1. The molecular formula is C25H23Cl2F3N8O3. The first-order valence-electron chi connectivity index (χ1n) is 12.4. The quantitative estimate of drug-likeness (QED) is 0.313. The van der Waals surface area contributed by atoms with Crippen molar-refractivity contribution in [3.05, 3.63) is 74.9 Å². The lowest BCUT2D eigenvalue weighted by Gasteiger charge is -2.18. The molecule has 1 fully saturated rings. The number of nitrogens with two attached hydrogens (primary N) is 1. The Morgan fingerprint density at radius 3 is 2.46 bits per heavy atom. The number of anilines is 1. The van der Waals surface area contributed by atoms with E-state index in [1.807, 2.05) is 4.90 Å². The van der Waals surface area contributed by atoms with Crippen LogP contribution in [0.2, 0.25) is 10.0 Å². The van der Waals surface area contributed by atoms with Gasteiger partial charge in [-0.15, -0.1) is 10.2 Å². The summed E-state index contributed by atoms with van der Waals surface area (Å²) in [7, 11) is 0. The molecule has 2 aromatic carbocycles. The Balaban J connectivity index is 1.56. The van der Waals surface area contributed by atoms with Crippen molar-refractivity contribution in [3.63, 3.8) is 0 Å². The maximum Gasteiger partial charge on any atom is 0.416 e. The number of alkyl halides is 3. The molecule has 1 saturated heterocycles. The third kappa shape index (κ3) is 5.94. The summed E-state index contributed by atoms with van der Waals surface area (Å²) in [6.45, 7) is -0.634. The van der Waals surface area contributed by atoms with Gasteiger partial charge in [0, 0.05) is 23.7 Å². The van der Waals surface area contributed by atoms with Crippen LogP contribution >= 0.6 is 23.2 Å². The molecule has 3 N–H and O–H groups in total. The van der Waals surface area contributed by atoms with Crippen LogP contribution in [0.1, 0.15) is 12.2 Å².